The van der Waals surface area contributed by atoms with E-state index in [1.54, 1.807) is 0 Å². The number of nitrogens with two attached hydrogens (primary N) is 1. The van der Waals surface area contributed by atoms with Crippen LogP contribution in [0.5, 0.6) is 0 Å². The van der Waals surface area contributed by atoms with Gasteiger partial charge in [0, 0.05) is 6.54 Å². The Morgan fingerprint density at radius 1 is 1.43 bits per heavy atom. The molecule has 2 nitrogen and oxygen atoms in total. The third-order valence-electron chi connectivity index (χ3n) is 3.85. The average Bonchev–Trinajstić information content (AvgIpc) is 2.14. The maximum absolute atomic E-state index is 5.76. The molecule has 0 saturated heterocycles. The van der Waals surface area contributed by atoms with Crippen molar-refractivity contribution >= 4 is 0 Å². The van der Waals surface area contributed by atoms with Gasteiger partial charge in [-0.1, -0.05) is 33.1 Å². The Kier molecular flexibility index (Phi) is 4.90. The standard InChI is InChI=1S/C12H26N2/c1-3-12(2,9-13)10-14-8-7-11-5-4-6-11/h11,14H,3-10,13H2,1-2H3. The maximum atomic E-state index is 5.76. The van der Waals surface area contributed by atoms with E-state index in [4.69, 9.17) is 5.73 Å². The molecule has 1 unspecified atom stereocenters. The van der Waals surface area contributed by atoms with Crippen molar-refractivity contribution in [3.63, 3.8) is 0 Å². The topological polar surface area (TPSA) is 38.0 Å². The summed E-state index contributed by atoms with van der Waals surface area (Å²) in [6.45, 7) is 7.54. The van der Waals surface area contributed by atoms with Gasteiger partial charge in [0.05, 0.1) is 0 Å². The molecule has 0 spiro atoms. The second kappa shape index (κ2) is 5.72. The Hall–Kier alpha value is -0.0800. The summed E-state index contributed by atoms with van der Waals surface area (Å²) >= 11 is 0. The van der Waals surface area contributed by atoms with E-state index in [0.717, 1.165) is 19.0 Å². The van der Waals surface area contributed by atoms with Crippen LogP contribution in [0.3, 0.4) is 0 Å². The first-order valence-corrected chi connectivity index (χ1v) is 6.11. The molecule has 84 valence electrons. The zero-order valence-electron chi connectivity index (χ0n) is 9.81. The van der Waals surface area contributed by atoms with Gasteiger partial charge in [-0.25, -0.2) is 0 Å². The molecule has 1 aliphatic carbocycles. The summed E-state index contributed by atoms with van der Waals surface area (Å²) in [5.74, 6) is 1.02. The molecule has 0 aliphatic heterocycles. The van der Waals surface area contributed by atoms with Gasteiger partial charge in [-0.15, -0.1) is 0 Å². The molecule has 1 fully saturated rings. The summed E-state index contributed by atoms with van der Waals surface area (Å²) in [5.41, 5.74) is 6.06. The lowest BCUT2D eigenvalue weighted by atomic mass is 9.83. The molecule has 3 N–H and O–H groups in total. The van der Waals surface area contributed by atoms with E-state index < -0.39 is 0 Å². The van der Waals surface area contributed by atoms with Crippen molar-refractivity contribution in [2.45, 2.75) is 46.0 Å². The Bertz CT molecular complexity index is 148. The lowest BCUT2D eigenvalue weighted by molar-refractivity contribution is 0.269. The van der Waals surface area contributed by atoms with Gasteiger partial charge in [-0.2, -0.15) is 0 Å². The normalized spacial score (nSPS) is 21.6. The van der Waals surface area contributed by atoms with Crippen LogP contribution >= 0.6 is 0 Å². The first kappa shape index (κ1) is 12.0. The molecule has 0 aromatic heterocycles. The Balaban J connectivity index is 2.01. The molecule has 0 aromatic carbocycles. The van der Waals surface area contributed by atoms with Crippen LogP contribution in [0.25, 0.3) is 0 Å². The molecule has 0 amide bonds. The van der Waals surface area contributed by atoms with Gasteiger partial charge in [0.15, 0.2) is 0 Å². The van der Waals surface area contributed by atoms with Gasteiger partial charge in [0.1, 0.15) is 0 Å². The van der Waals surface area contributed by atoms with Crippen molar-refractivity contribution in [2.24, 2.45) is 17.1 Å². The van der Waals surface area contributed by atoms with Crippen molar-refractivity contribution < 1.29 is 0 Å². The third-order valence-corrected chi connectivity index (χ3v) is 3.85. The van der Waals surface area contributed by atoms with Crippen LogP contribution in [0.2, 0.25) is 0 Å². The molecule has 1 aliphatic rings. The predicted octanol–water partition coefficient (Wildman–Crippen LogP) is 2.14. The molecular weight excluding hydrogens is 172 g/mol. The molecule has 2 heteroatoms. The Labute approximate surface area is 88.6 Å². The summed E-state index contributed by atoms with van der Waals surface area (Å²) in [7, 11) is 0. The summed E-state index contributed by atoms with van der Waals surface area (Å²) in [6.07, 6.45) is 6.91. The predicted molar refractivity (Wildman–Crippen MR) is 62.3 cm³/mol. The summed E-state index contributed by atoms with van der Waals surface area (Å²) in [4.78, 5) is 0. The van der Waals surface area contributed by atoms with E-state index in [2.05, 4.69) is 19.2 Å². The van der Waals surface area contributed by atoms with Gasteiger partial charge in [-0.05, 0) is 37.3 Å². The molecule has 0 aromatic rings. The van der Waals surface area contributed by atoms with Crippen LogP contribution in [0, 0.1) is 11.3 Å². The molecule has 1 atom stereocenters. The van der Waals surface area contributed by atoms with Crippen LogP contribution in [-0.2, 0) is 0 Å². The lowest BCUT2D eigenvalue weighted by Crippen LogP contribution is -2.38. The number of rotatable bonds is 7. The Morgan fingerprint density at radius 3 is 2.57 bits per heavy atom. The fraction of sp³-hybridized carbons (Fsp3) is 1.00. The summed E-state index contributed by atoms with van der Waals surface area (Å²) in [5, 5.41) is 3.55. The van der Waals surface area contributed by atoms with Gasteiger partial charge >= 0.3 is 0 Å². The molecular formula is C12H26N2. The second-order valence-electron chi connectivity index (χ2n) is 5.13. The van der Waals surface area contributed by atoms with E-state index in [1.165, 1.54) is 38.6 Å². The monoisotopic (exact) mass is 198 g/mol. The first-order valence-electron chi connectivity index (χ1n) is 6.11. The average molecular weight is 198 g/mol. The molecule has 0 radical (unpaired) electrons. The highest BCUT2D eigenvalue weighted by molar-refractivity contribution is 4.77. The molecule has 14 heavy (non-hydrogen) atoms. The van der Waals surface area contributed by atoms with Crippen LogP contribution in [0.15, 0.2) is 0 Å². The maximum Gasteiger partial charge on any atom is 0.00171 e. The molecule has 1 saturated carbocycles. The van der Waals surface area contributed by atoms with Crippen molar-refractivity contribution in [3.05, 3.63) is 0 Å². The SMILES string of the molecule is CCC(C)(CN)CNCCC1CCC1. The highest BCUT2D eigenvalue weighted by Crippen LogP contribution is 2.28. The fourth-order valence-electron chi connectivity index (χ4n) is 1.82. The van der Waals surface area contributed by atoms with Crippen LogP contribution in [0.1, 0.15) is 46.0 Å². The van der Waals surface area contributed by atoms with Crippen molar-refractivity contribution in [3.8, 4) is 0 Å². The quantitative estimate of drug-likeness (QED) is 0.615. The molecule has 0 bridgehead atoms. The molecule has 0 heterocycles. The van der Waals surface area contributed by atoms with E-state index in [9.17, 15) is 0 Å². The number of hydrogen-bond donors (Lipinski definition) is 2. The number of nitrogens with one attached hydrogen (secondary N) is 1. The number of hydrogen-bond acceptors (Lipinski definition) is 2. The zero-order chi connectivity index (χ0) is 10.4. The minimum absolute atomic E-state index is 0.305. The van der Waals surface area contributed by atoms with Gasteiger partial charge in [0.25, 0.3) is 0 Å². The second-order valence-corrected chi connectivity index (χ2v) is 5.13. The van der Waals surface area contributed by atoms with Crippen molar-refractivity contribution in [1.82, 2.24) is 5.32 Å². The summed E-state index contributed by atoms with van der Waals surface area (Å²) in [6, 6.07) is 0. The van der Waals surface area contributed by atoms with Crippen molar-refractivity contribution in [1.29, 1.82) is 0 Å². The molecule has 1 rings (SSSR count). The third kappa shape index (κ3) is 3.58. The van der Waals surface area contributed by atoms with E-state index in [0.29, 0.717) is 5.41 Å². The minimum atomic E-state index is 0.305. The van der Waals surface area contributed by atoms with Gasteiger partial charge < -0.3 is 11.1 Å². The van der Waals surface area contributed by atoms with Crippen LogP contribution in [-0.4, -0.2) is 19.6 Å². The highest BCUT2D eigenvalue weighted by Gasteiger charge is 2.20. The summed E-state index contributed by atoms with van der Waals surface area (Å²) < 4.78 is 0. The van der Waals surface area contributed by atoms with E-state index >= 15 is 0 Å². The van der Waals surface area contributed by atoms with Crippen LogP contribution in [0.4, 0.5) is 0 Å². The highest BCUT2D eigenvalue weighted by atomic mass is 14.9. The smallest absolute Gasteiger partial charge is 0.00171 e. The fourth-order valence-corrected chi connectivity index (χ4v) is 1.82. The van der Waals surface area contributed by atoms with Gasteiger partial charge in [0.2, 0.25) is 0 Å². The minimum Gasteiger partial charge on any atom is -0.330 e. The van der Waals surface area contributed by atoms with Crippen LogP contribution < -0.4 is 11.1 Å². The van der Waals surface area contributed by atoms with Crippen molar-refractivity contribution in [2.75, 3.05) is 19.6 Å². The largest absolute Gasteiger partial charge is 0.330 e. The zero-order valence-corrected chi connectivity index (χ0v) is 9.81. The Morgan fingerprint density at radius 2 is 2.14 bits per heavy atom. The lowest BCUT2D eigenvalue weighted by Gasteiger charge is -2.29. The first-order chi connectivity index (χ1) is 6.70. The van der Waals surface area contributed by atoms with E-state index in [-0.39, 0.29) is 0 Å². The van der Waals surface area contributed by atoms with Gasteiger partial charge in [-0.3, -0.25) is 0 Å². The van der Waals surface area contributed by atoms with E-state index in [1.807, 2.05) is 0 Å².